The molecule has 0 bridgehead atoms. The molecule has 0 aliphatic rings. The van der Waals surface area contributed by atoms with Crippen molar-refractivity contribution in [2.24, 2.45) is 0 Å². The normalized spacial score (nSPS) is 14.1. The minimum absolute atomic E-state index is 0.629. The van der Waals surface area contributed by atoms with Crippen molar-refractivity contribution < 1.29 is 36.3 Å². The number of carboxylic acid groups (broad SMARTS) is 1. The Morgan fingerprint density at radius 1 is 1.35 bits per heavy atom. The fourth-order valence-corrected chi connectivity index (χ4v) is 1.49. The van der Waals surface area contributed by atoms with Crippen LogP contribution in [-0.4, -0.2) is 49.6 Å². The molecule has 10 heteroatoms. The van der Waals surface area contributed by atoms with Gasteiger partial charge in [0.05, 0.1) is 5.75 Å². The zero-order valence-electron chi connectivity index (χ0n) is 8.61. The third-order valence-electron chi connectivity index (χ3n) is 1.64. The van der Waals surface area contributed by atoms with Gasteiger partial charge in [0.15, 0.2) is 0 Å². The quantitative estimate of drug-likeness (QED) is 0.709. The first-order valence-electron chi connectivity index (χ1n) is 4.21. The van der Waals surface area contributed by atoms with E-state index in [-0.39, 0.29) is 0 Å². The van der Waals surface area contributed by atoms with Gasteiger partial charge in [-0.05, 0) is 6.42 Å². The van der Waals surface area contributed by atoms with Gasteiger partial charge in [0.25, 0.3) is 0 Å². The molecule has 2 N–H and O–H groups in total. The molecule has 1 amide bonds. The number of carbonyl (C=O) groups is 2. The van der Waals surface area contributed by atoms with E-state index in [4.69, 9.17) is 5.11 Å². The molecule has 0 spiro atoms. The molecule has 0 rings (SSSR count). The first-order valence-corrected chi connectivity index (χ1v) is 6.28. The Hall–Kier alpha value is -1.32. The largest absolute Gasteiger partial charge is 0.480 e. The first kappa shape index (κ1) is 15.7. The van der Waals surface area contributed by atoms with E-state index in [1.807, 2.05) is 0 Å². The van der Waals surface area contributed by atoms with Gasteiger partial charge in [0.2, 0.25) is 0 Å². The molecule has 0 aliphatic carbocycles. The van der Waals surface area contributed by atoms with E-state index in [0.29, 0.717) is 0 Å². The number of aliphatic carboxylic acids is 1. The van der Waals surface area contributed by atoms with Crippen LogP contribution in [0.1, 0.15) is 6.42 Å². The van der Waals surface area contributed by atoms with Crippen molar-refractivity contribution in [2.45, 2.75) is 18.6 Å². The summed E-state index contributed by atoms with van der Waals surface area (Å²) in [4.78, 5) is 21.0. The lowest BCUT2D eigenvalue weighted by atomic mass is 10.2. The molecule has 6 nitrogen and oxygen atoms in total. The average Bonchev–Trinajstić information content (AvgIpc) is 2.07. The Morgan fingerprint density at radius 3 is 2.12 bits per heavy atom. The number of hydrogen-bond donors (Lipinski definition) is 2. The number of sulfone groups is 1. The highest BCUT2D eigenvalue weighted by molar-refractivity contribution is 7.90. The number of alkyl halides is 3. The monoisotopic (exact) mass is 277 g/mol. The van der Waals surface area contributed by atoms with Crippen molar-refractivity contribution in [2.75, 3.05) is 12.0 Å². The topological polar surface area (TPSA) is 101 Å². The van der Waals surface area contributed by atoms with E-state index in [2.05, 4.69) is 0 Å². The van der Waals surface area contributed by atoms with Crippen LogP contribution in [0, 0.1) is 0 Å². The molecular formula is C7H10F3NO5S. The summed E-state index contributed by atoms with van der Waals surface area (Å²) in [6.45, 7) is 0. The molecule has 0 saturated heterocycles. The number of carbonyl (C=O) groups excluding carboxylic acids is 1. The van der Waals surface area contributed by atoms with Gasteiger partial charge in [0.1, 0.15) is 15.9 Å². The Balaban J connectivity index is 4.57. The van der Waals surface area contributed by atoms with Crippen molar-refractivity contribution in [3.05, 3.63) is 0 Å². The zero-order chi connectivity index (χ0) is 13.9. The van der Waals surface area contributed by atoms with E-state index in [9.17, 15) is 31.2 Å². The molecule has 100 valence electrons. The predicted molar refractivity (Wildman–Crippen MR) is 49.9 cm³/mol. The lowest BCUT2D eigenvalue weighted by Crippen LogP contribution is -2.47. The van der Waals surface area contributed by atoms with E-state index in [1.54, 1.807) is 0 Å². The van der Waals surface area contributed by atoms with E-state index in [1.165, 1.54) is 5.32 Å². The van der Waals surface area contributed by atoms with Crippen molar-refractivity contribution in [3.63, 3.8) is 0 Å². The minimum Gasteiger partial charge on any atom is -0.480 e. The van der Waals surface area contributed by atoms with Crippen LogP contribution >= 0.6 is 0 Å². The van der Waals surface area contributed by atoms with Crippen molar-refractivity contribution in [3.8, 4) is 0 Å². The third kappa shape index (κ3) is 6.76. The van der Waals surface area contributed by atoms with Crippen molar-refractivity contribution in [1.29, 1.82) is 0 Å². The van der Waals surface area contributed by atoms with Gasteiger partial charge in [-0.15, -0.1) is 0 Å². The number of hydrogen-bond acceptors (Lipinski definition) is 4. The molecule has 0 fully saturated rings. The van der Waals surface area contributed by atoms with E-state index < -0.39 is 46.1 Å². The summed E-state index contributed by atoms with van der Waals surface area (Å²) >= 11 is 0. The van der Waals surface area contributed by atoms with Gasteiger partial charge in [0, 0.05) is 6.26 Å². The summed E-state index contributed by atoms with van der Waals surface area (Å²) in [5.74, 6) is -4.79. The molecule has 0 aromatic rings. The molecule has 0 aromatic heterocycles. The van der Waals surface area contributed by atoms with Crippen LogP contribution in [0.4, 0.5) is 13.2 Å². The summed E-state index contributed by atoms with van der Waals surface area (Å²) in [5.41, 5.74) is 0. The first-order chi connectivity index (χ1) is 7.43. The molecule has 0 aliphatic heterocycles. The fraction of sp³-hybridized carbons (Fsp3) is 0.714. The smallest absolute Gasteiger partial charge is 0.471 e. The number of amides is 1. The van der Waals surface area contributed by atoms with Gasteiger partial charge < -0.3 is 10.4 Å². The van der Waals surface area contributed by atoms with Gasteiger partial charge >= 0.3 is 18.1 Å². The van der Waals surface area contributed by atoms with Crippen molar-refractivity contribution in [1.82, 2.24) is 5.32 Å². The lowest BCUT2D eigenvalue weighted by Gasteiger charge is -2.14. The second-order valence-corrected chi connectivity index (χ2v) is 5.54. The summed E-state index contributed by atoms with van der Waals surface area (Å²) in [7, 11) is -3.52. The van der Waals surface area contributed by atoms with Gasteiger partial charge in [-0.3, -0.25) is 4.79 Å². The summed E-state index contributed by atoms with van der Waals surface area (Å²) < 4.78 is 56.9. The lowest BCUT2D eigenvalue weighted by molar-refractivity contribution is -0.175. The van der Waals surface area contributed by atoms with E-state index in [0.717, 1.165) is 6.26 Å². The van der Waals surface area contributed by atoms with Crippen LogP contribution in [0.3, 0.4) is 0 Å². The number of nitrogens with one attached hydrogen (secondary N) is 1. The van der Waals surface area contributed by atoms with E-state index >= 15 is 0 Å². The summed E-state index contributed by atoms with van der Waals surface area (Å²) in [6.07, 6.45) is -5.04. The maximum atomic E-state index is 11.8. The summed E-state index contributed by atoms with van der Waals surface area (Å²) in [6, 6.07) is -1.89. The van der Waals surface area contributed by atoms with Crippen LogP contribution < -0.4 is 5.32 Å². The van der Waals surface area contributed by atoms with Gasteiger partial charge in [-0.25, -0.2) is 13.2 Å². The van der Waals surface area contributed by atoms with Gasteiger partial charge in [-0.2, -0.15) is 13.2 Å². The molecule has 0 radical (unpaired) electrons. The van der Waals surface area contributed by atoms with Crippen LogP contribution in [0.15, 0.2) is 0 Å². The fourth-order valence-electron chi connectivity index (χ4n) is 0.829. The maximum absolute atomic E-state index is 11.8. The highest BCUT2D eigenvalue weighted by atomic mass is 32.2. The molecule has 0 heterocycles. The Labute approximate surface area is 94.7 Å². The minimum atomic E-state index is -5.21. The molecule has 1 atom stereocenters. The second-order valence-electron chi connectivity index (χ2n) is 3.28. The van der Waals surface area contributed by atoms with Crippen LogP contribution in [0.25, 0.3) is 0 Å². The maximum Gasteiger partial charge on any atom is 0.471 e. The Bertz CT molecular complexity index is 402. The molecular weight excluding hydrogens is 267 g/mol. The molecule has 0 unspecified atom stereocenters. The molecule has 0 aromatic carbocycles. The SMILES string of the molecule is CS(=O)(=O)CC[C@@H](NC(=O)C(F)(F)F)C(=O)O. The highest BCUT2D eigenvalue weighted by Crippen LogP contribution is 2.15. The molecule has 0 saturated carbocycles. The van der Waals surface area contributed by atoms with Crippen LogP contribution in [-0.2, 0) is 19.4 Å². The highest BCUT2D eigenvalue weighted by Gasteiger charge is 2.40. The van der Waals surface area contributed by atoms with Crippen LogP contribution in [0.5, 0.6) is 0 Å². The number of carboxylic acids is 1. The average molecular weight is 277 g/mol. The number of rotatable bonds is 5. The summed E-state index contributed by atoms with van der Waals surface area (Å²) in [5, 5.41) is 9.71. The number of halogens is 3. The molecule has 17 heavy (non-hydrogen) atoms. The van der Waals surface area contributed by atoms with Crippen molar-refractivity contribution >= 4 is 21.7 Å². The predicted octanol–water partition coefficient (Wildman–Crippen LogP) is -0.447. The van der Waals surface area contributed by atoms with Gasteiger partial charge in [-0.1, -0.05) is 0 Å². The van der Waals surface area contributed by atoms with Crippen LogP contribution in [0.2, 0.25) is 0 Å². The standard InChI is InChI=1S/C7H10F3NO5S/c1-17(15,16)3-2-4(5(12)13)11-6(14)7(8,9)10/h4H,2-3H2,1H3,(H,11,14)(H,12,13)/t4-/m1/s1. The Morgan fingerprint density at radius 2 is 1.82 bits per heavy atom. The second kappa shape index (κ2) is 5.34. The third-order valence-corrected chi connectivity index (χ3v) is 2.62. The Kier molecular flexibility index (Phi) is 4.93. The zero-order valence-corrected chi connectivity index (χ0v) is 9.43.